The summed E-state index contributed by atoms with van der Waals surface area (Å²) in [5.41, 5.74) is 3.58. The van der Waals surface area contributed by atoms with Gasteiger partial charge in [-0.15, -0.1) is 11.6 Å². The highest BCUT2D eigenvalue weighted by molar-refractivity contribution is 6.21. The molecule has 22 heavy (non-hydrogen) atoms. The number of benzene rings is 2. The summed E-state index contributed by atoms with van der Waals surface area (Å²) in [5.74, 6) is 1.54. The van der Waals surface area contributed by atoms with Crippen molar-refractivity contribution in [1.29, 1.82) is 0 Å². The minimum absolute atomic E-state index is 0.0419. The molecule has 0 saturated carbocycles. The van der Waals surface area contributed by atoms with Crippen LogP contribution in [-0.2, 0) is 6.42 Å². The maximum atomic E-state index is 10.5. The number of ether oxygens (including phenoxy) is 1. The molecular formula is C18H20ClNO2. The van der Waals surface area contributed by atoms with E-state index in [-0.39, 0.29) is 11.3 Å². The van der Waals surface area contributed by atoms with Crippen molar-refractivity contribution in [2.45, 2.75) is 31.6 Å². The van der Waals surface area contributed by atoms with E-state index in [4.69, 9.17) is 16.3 Å². The van der Waals surface area contributed by atoms with Gasteiger partial charge in [-0.05, 0) is 25.0 Å². The molecule has 2 aromatic rings. The van der Waals surface area contributed by atoms with Crippen LogP contribution in [0, 0.1) is 0 Å². The molecule has 4 heteroatoms. The van der Waals surface area contributed by atoms with Crippen LogP contribution in [0.25, 0.3) is 10.8 Å². The van der Waals surface area contributed by atoms with Crippen LogP contribution in [0.3, 0.4) is 0 Å². The summed E-state index contributed by atoms with van der Waals surface area (Å²) in [7, 11) is 0. The Bertz CT molecular complexity index is 757. The molecule has 0 amide bonds. The number of rotatable bonds is 2. The fourth-order valence-corrected chi connectivity index (χ4v) is 4.09. The van der Waals surface area contributed by atoms with Gasteiger partial charge in [0.05, 0.1) is 6.61 Å². The fourth-order valence-electron chi connectivity index (χ4n) is 3.88. The van der Waals surface area contributed by atoms with Gasteiger partial charge in [-0.1, -0.05) is 12.1 Å². The van der Waals surface area contributed by atoms with Crippen molar-refractivity contribution in [2.75, 3.05) is 24.6 Å². The van der Waals surface area contributed by atoms with E-state index in [1.54, 1.807) is 0 Å². The monoisotopic (exact) mass is 317 g/mol. The number of phenols is 1. The Hall–Kier alpha value is -1.61. The number of likely N-dealkylation sites (N-methyl/N-ethyl adjacent to an activating group) is 1. The molecule has 2 aromatic carbocycles. The number of alkyl halides is 1. The van der Waals surface area contributed by atoms with Crippen molar-refractivity contribution < 1.29 is 9.84 Å². The Balaban J connectivity index is 2.09. The van der Waals surface area contributed by atoms with Crippen LogP contribution in [0.5, 0.6) is 11.5 Å². The lowest BCUT2D eigenvalue weighted by Gasteiger charge is -2.18. The summed E-state index contributed by atoms with van der Waals surface area (Å²) in [4.78, 5) is 2.30. The Morgan fingerprint density at radius 2 is 2.27 bits per heavy atom. The van der Waals surface area contributed by atoms with E-state index >= 15 is 0 Å². The third kappa shape index (κ3) is 1.81. The van der Waals surface area contributed by atoms with Crippen molar-refractivity contribution in [2.24, 2.45) is 0 Å². The molecule has 3 nitrogen and oxygen atoms in total. The van der Waals surface area contributed by atoms with E-state index < -0.39 is 0 Å². The number of nitrogens with zero attached hydrogens (tertiary/aromatic N) is 1. The van der Waals surface area contributed by atoms with Crippen LogP contribution < -0.4 is 9.64 Å². The van der Waals surface area contributed by atoms with Gasteiger partial charge in [0.25, 0.3) is 0 Å². The van der Waals surface area contributed by atoms with Crippen molar-refractivity contribution in [3.05, 3.63) is 29.3 Å². The van der Waals surface area contributed by atoms with Crippen LogP contribution in [0.4, 0.5) is 5.69 Å². The lowest BCUT2D eigenvalue weighted by molar-refractivity contribution is 0.360. The molecule has 1 N–H and O–H groups in total. The fraction of sp³-hybridized carbons (Fsp3) is 0.444. The van der Waals surface area contributed by atoms with Crippen molar-refractivity contribution in [1.82, 2.24) is 0 Å². The smallest absolute Gasteiger partial charge is 0.130 e. The quantitative estimate of drug-likeness (QED) is 0.849. The van der Waals surface area contributed by atoms with E-state index in [2.05, 4.69) is 24.8 Å². The molecule has 0 bridgehead atoms. The lowest BCUT2D eigenvalue weighted by Crippen LogP contribution is -2.23. The summed E-state index contributed by atoms with van der Waals surface area (Å²) >= 11 is 6.50. The van der Waals surface area contributed by atoms with E-state index in [9.17, 15) is 5.11 Å². The zero-order chi connectivity index (χ0) is 15.4. The molecule has 0 spiro atoms. The van der Waals surface area contributed by atoms with Crippen molar-refractivity contribution in [3.63, 3.8) is 0 Å². The Morgan fingerprint density at radius 3 is 3.00 bits per heavy atom. The van der Waals surface area contributed by atoms with Crippen LogP contribution >= 0.6 is 11.6 Å². The van der Waals surface area contributed by atoms with Gasteiger partial charge in [-0.3, -0.25) is 0 Å². The first kappa shape index (κ1) is 14.0. The molecular weight excluding hydrogens is 298 g/mol. The number of halogens is 1. The van der Waals surface area contributed by atoms with Crippen LogP contribution in [-0.4, -0.2) is 30.2 Å². The SMILES string of the molecule is CCN1CC(C(C)Cl)c2c1cc(O)c1ccc3c(c21)OCC3. The highest BCUT2D eigenvalue weighted by Crippen LogP contribution is 2.50. The molecule has 116 valence electrons. The van der Waals surface area contributed by atoms with E-state index in [0.29, 0.717) is 5.75 Å². The molecule has 0 aliphatic carbocycles. The predicted molar refractivity (Wildman–Crippen MR) is 90.8 cm³/mol. The third-order valence-electron chi connectivity index (χ3n) is 5.02. The standard InChI is InChI=1S/C18H20ClNO2/c1-3-20-9-13(10(2)19)16-14(20)8-15(21)12-5-4-11-6-7-22-18(11)17(12)16/h4-5,8,10,13,21H,3,6-7,9H2,1-2H3. The largest absolute Gasteiger partial charge is 0.507 e. The van der Waals surface area contributed by atoms with Gasteiger partial charge in [-0.2, -0.15) is 0 Å². The minimum Gasteiger partial charge on any atom is -0.507 e. The minimum atomic E-state index is 0.0419. The summed E-state index contributed by atoms with van der Waals surface area (Å²) in [6.07, 6.45) is 0.939. The first-order chi connectivity index (χ1) is 10.6. The molecule has 0 aromatic heterocycles. The average molecular weight is 318 g/mol. The number of fused-ring (bicyclic) bond motifs is 5. The molecule has 0 saturated heterocycles. The maximum Gasteiger partial charge on any atom is 0.130 e. The Kier molecular flexibility index (Phi) is 3.15. The molecule has 2 heterocycles. The summed E-state index contributed by atoms with van der Waals surface area (Å²) in [5, 5.41) is 12.5. The Labute approximate surface area is 135 Å². The van der Waals surface area contributed by atoms with Gasteiger partial charge in [-0.25, -0.2) is 0 Å². The van der Waals surface area contributed by atoms with E-state index in [1.807, 2.05) is 12.1 Å². The normalized spacial score (nSPS) is 20.9. The van der Waals surface area contributed by atoms with Gasteiger partial charge in [0, 0.05) is 53.3 Å². The second-order valence-electron chi connectivity index (χ2n) is 6.23. The predicted octanol–water partition coefficient (Wildman–Crippen LogP) is 4.03. The van der Waals surface area contributed by atoms with Crippen molar-refractivity contribution in [3.8, 4) is 11.5 Å². The number of hydrogen-bond acceptors (Lipinski definition) is 3. The van der Waals surface area contributed by atoms with Gasteiger partial charge >= 0.3 is 0 Å². The van der Waals surface area contributed by atoms with E-state index in [0.717, 1.165) is 48.3 Å². The average Bonchev–Trinajstić information content (AvgIpc) is 3.10. The zero-order valence-corrected chi connectivity index (χ0v) is 13.7. The highest BCUT2D eigenvalue weighted by atomic mass is 35.5. The number of anilines is 1. The molecule has 2 unspecified atom stereocenters. The topological polar surface area (TPSA) is 32.7 Å². The zero-order valence-electron chi connectivity index (χ0n) is 12.9. The molecule has 4 rings (SSSR count). The molecule has 2 aliphatic heterocycles. The van der Waals surface area contributed by atoms with Gasteiger partial charge in [0.2, 0.25) is 0 Å². The van der Waals surface area contributed by atoms with Gasteiger partial charge < -0.3 is 14.7 Å². The summed E-state index contributed by atoms with van der Waals surface area (Å²) in [6, 6.07) is 5.98. The first-order valence-corrected chi connectivity index (χ1v) is 8.38. The lowest BCUT2D eigenvalue weighted by atomic mass is 9.90. The first-order valence-electron chi connectivity index (χ1n) is 7.95. The second kappa shape index (κ2) is 4.95. The van der Waals surface area contributed by atoms with Crippen molar-refractivity contribution >= 4 is 28.1 Å². The number of phenolic OH excluding ortho intramolecular Hbond substituents is 1. The Morgan fingerprint density at radius 1 is 1.45 bits per heavy atom. The van der Waals surface area contributed by atoms with E-state index in [1.165, 1.54) is 11.1 Å². The maximum absolute atomic E-state index is 10.5. The third-order valence-corrected chi connectivity index (χ3v) is 5.32. The van der Waals surface area contributed by atoms with Gasteiger partial charge in [0.15, 0.2) is 0 Å². The summed E-state index contributed by atoms with van der Waals surface area (Å²) in [6.45, 7) is 6.72. The van der Waals surface area contributed by atoms with Crippen LogP contribution in [0.15, 0.2) is 18.2 Å². The molecule has 0 fully saturated rings. The molecule has 0 radical (unpaired) electrons. The van der Waals surface area contributed by atoms with Gasteiger partial charge in [0.1, 0.15) is 11.5 Å². The molecule has 2 atom stereocenters. The highest BCUT2D eigenvalue weighted by Gasteiger charge is 2.35. The number of hydrogen-bond donors (Lipinski definition) is 1. The van der Waals surface area contributed by atoms with Crippen LogP contribution in [0.2, 0.25) is 0 Å². The number of aromatic hydroxyl groups is 1. The summed E-state index contributed by atoms with van der Waals surface area (Å²) < 4.78 is 5.92. The second-order valence-corrected chi connectivity index (χ2v) is 6.91. The van der Waals surface area contributed by atoms with Crippen LogP contribution in [0.1, 0.15) is 30.9 Å². The molecule has 2 aliphatic rings.